The lowest BCUT2D eigenvalue weighted by Gasteiger charge is -2.09. The van der Waals surface area contributed by atoms with Gasteiger partial charge in [-0.05, 0) is 48.4 Å². The number of rotatable bonds is 6. The topological polar surface area (TPSA) is 51.1 Å². The van der Waals surface area contributed by atoms with Crippen LogP contribution >= 0.6 is 11.6 Å². The van der Waals surface area contributed by atoms with Gasteiger partial charge in [0.15, 0.2) is 0 Å². The van der Waals surface area contributed by atoms with Crippen molar-refractivity contribution >= 4 is 23.3 Å². The van der Waals surface area contributed by atoms with E-state index < -0.39 is 0 Å². The van der Waals surface area contributed by atoms with Crippen LogP contribution in [0.2, 0.25) is 5.02 Å². The second-order valence-corrected chi connectivity index (χ2v) is 6.94. The van der Waals surface area contributed by atoms with E-state index in [1.165, 1.54) is 0 Å². The van der Waals surface area contributed by atoms with E-state index in [4.69, 9.17) is 11.6 Å². The summed E-state index contributed by atoms with van der Waals surface area (Å²) >= 11 is 5.90. The van der Waals surface area contributed by atoms with Crippen molar-refractivity contribution in [2.24, 2.45) is 7.05 Å². The van der Waals surface area contributed by atoms with Gasteiger partial charge in [0.1, 0.15) is 0 Å². The molecular weight excluding hydrogens is 360 g/mol. The Morgan fingerprint density at radius 3 is 2.37 bits per heavy atom. The summed E-state index contributed by atoms with van der Waals surface area (Å²) in [4.78, 5) is 25.0. The molecule has 5 heteroatoms. The molecule has 0 atom stereocenters. The molecule has 0 bridgehead atoms. The summed E-state index contributed by atoms with van der Waals surface area (Å²) in [5.74, 6) is -0.112. The van der Waals surface area contributed by atoms with Crippen molar-refractivity contribution in [1.29, 1.82) is 0 Å². The van der Waals surface area contributed by atoms with E-state index >= 15 is 0 Å². The molecule has 0 unspecified atom stereocenters. The third-order valence-corrected chi connectivity index (χ3v) is 4.77. The average molecular weight is 381 g/mol. The Kier molecular flexibility index (Phi) is 5.77. The Labute approximate surface area is 163 Å². The highest BCUT2D eigenvalue weighted by atomic mass is 35.5. The second-order valence-electron chi connectivity index (χ2n) is 6.50. The number of nitrogens with one attached hydrogen (secondary N) is 1. The van der Waals surface area contributed by atoms with Gasteiger partial charge >= 0.3 is 0 Å². The van der Waals surface area contributed by atoms with Crippen molar-refractivity contribution in [1.82, 2.24) is 9.88 Å². The molecule has 3 aromatic rings. The molecule has 0 aliphatic rings. The molecule has 1 N–H and O–H groups in total. The van der Waals surface area contributed by atoms with Crippen molar-refractivity contribution < 1.29 is 9.59 Å². The van der Waals surface area contributed by atoms with E-state index in [1.807, 2.05) is 54.9 Å². The zero-order valence-corrected chi connectivity index (χ0v) is 16.1. The maximum absolute atomic E-state index is 12.8. The number of amides is 1. The number of benzene rings is 2. The van der Waals surface area contributed by atoms with E-state index in [-0.39, 0.29) is 11.7 Å². The molecule has 0 fully saturated rings. The van der Waals surface area contributed by atoms with Crippen LogP contribution in [-0.2, 0) is 24.8 Å². The van der Waals surface area contributed by atoms with Crippen LogP contribution in [0.15, 0.2) is 60.7 Å². The normalized spacial score (nSPS) is 10.6. The largest absolute Gasteiger partial charge is 0.350 e. The number of nitrogens with zero attached hydrogens (tertiary/aromatic N) is 1. The number of carbonyl (C=O) groups is 2. The van der Waals surface area contributed by atoms with Crippen LogP contribution in [0.5, 0.6) is 0 Å². The summed E-state index contributed by atoms with van der Waals surface area (Å²) in [6, 6.07) is 18.4. The molecule has 138 valence electrons. The van der Waals surface area contributed by atoms with Gasteiger partial charge in [-0.2, -0.15) is 0 Å². The lowest BCUT2D eigenvalue weighted by Crippen LogP contribution is -2.25. The van der Waals surface area contributed by atoms with E-state index in [0.29, 0.717) is 29.2 Å². The van der Waals surface area contributed by atoms with Gasteiger partial charge in [-0.1, -0.05) is 41.9 Å². The van der Waals surface area contributed by atoms with Crippen LogP contribution in [0.4, 0.5) is 0 Å². The molecule has 27 heavy (non-hydrogen) atoms. The van der Waals surface area contributed by atoms with Gasteiger partial charge in [-0.25, -0.2) is 0 Å². The smallest absolute Gasteiger partial charge is 0.224 e. The molecule has 0 spiro atoms. The first-order chi connectivity index (χ1) is 13.0. The number of aryl methyl sites for hydroxylation is 1. The van der Waals surface area contributed by atoms with E-state index in [9.17, 15) is 9.59 Å². The Hall–Kier alpha value is -2.85. The second kappa shape index (κ2) is 8.23. The lowest BCUT2D eigenvalue weighted by atomic mass is 10.1. The summed E-state index contributed by atoms with van der Waals surface area (Å²) in [5, 5.41) is 3.52. The molecule has 0 radical (unpaired) electrons. The fraction of sp³-hybridized carbons (Fsp3) is 0.182. The van der Waals surface area contributed by atoms with Gasteiger partial charge in [-0.15, -0.1) is 0 Å². The molecule has 0 saturated heterocycles. The maximum Gasteiger partial charge on any atom is 0.224 e. The highest BCUT2D eigenvalue weighted by Crippen LogP contribution is 2.19. The molecule has 0 aliphatic carbocycles. The molecule has 1 amide bonds. The number of ketones is 1. The van der Waals surface area contributed by atoms with Crippen molar-refractivity contribution in [3.05, 3.63) is 93.8 Å². The van der Waals surface area contributed by atoms with Crippen LogP contribution in [-0.4, -0.2) is 16.3 Å². The quantitative estimate of drug-likeness (QED) is 0.655. The number of carbonyl (C=O) groups excluding carboxylic acids is 2. The van der Waals surface area contributed by atoms with Crippen LogP contribution < -0.4 is 5.32 Å². The first-order valence-electron chi connectivity index (χ1n) is 8.72. The van der Waals surface area contributed by atoms with Crippen LogP contribution in [0.3, 0.4) is 0 Å². The van der Waals surface area contributed by atoms with Crippen molar-refractivity contribution in [2.45, 2.75) is 19.9 Å². The Bertz CT molecular complexity index is 960. The van der Waals surface area contributed by atoms with Crippen LogP contribution in [0.1, 0.15) is 32.9 Å². The highest BCUT2D eigenvalue weighted by Gasteiger charge is 2.18. The first-order valence-corrected chi connectivity index (χ1v) is 9.09. The van der Waals surface area contributed by atoms with Crippen LogP contribution in [0.25, 0.3) is 0 Å². The van der Waals surface area contributed by atoms with Crippen molar-refractivity contribution in [3.8, 4) is 0 Å². The van der Waals surface area contributed by atoms with E-state index in [0.717, 1.165) is 16.8 Å². The summed E-state index contributed by atoms with van der Waals surface area (Å²) in [6.07, 6.45) is 0.334. The predicted octanol–water partition coefficient (Wildman–Crippen LogP) is 4.08. The minimum Gasteiger partial charge on any atom is -0.350 e. The summed E-state index contributed by atoms with van der Waals surface area (Å²) in [5.41, 5.74) is 3.93. The zero-order chi connectivity index (χ0) is 19.4. The van der Waals surface area contributed by atoms with Gasteiger partial charge < -0.3 is 9.88 Å². The van der Waals surface area contributed by atoms with Crippen LogP contribution in [0, 0.1) is 6.92 Å². The highest BCUT2D eigenvalue weighted by molar-refractivity contribution is 6.30. The third kappa shape index (κ3) is 4.47. The number of hydrogen-bond donors (Lipinski definition) is 1. The van der Waals surface area contributed by atoms with E-state index in [1.54, 1.807) is 24.3 Å². The van der Waals surface area contributed by atoms with Gasteiger partial charge in [0.05, 0.1) is 18.7 Å². The standard InChI is InChI=1S/C22H21ClN2O2/c1-15-12-19(14-24-20(26)13-16-6-4-3-5-7-16)25(2)21(15)22(27)17-8-10-18(23)11-9-17/h3-12H,13-14H2,1-2H3,(H,24,26). The van der Waals surface area contributed by atoms with Gasteiger partial charge in [0.2, 0.25) is 11.7 Å². The SMILES string of the molecule is Cc1cc(CNC(=O)Cc2ccccc2)n(C)c1C(=O)c1ccc(Cl)cc1. The minimum absolute atomic E-state index is 0.0503. The first kappa shape index (κ1) is 18.9. The van der Waals surface area contributed by atoms with Crippen molar-refractivity contribution in [3.63, 3.8) is 0 Å². The Balaban J connectivity index is 1.71. The Morgan fingerprint density at radius 2 is 1.70 bits per heavy atom. The van der Waals surface area contributed by atoms with Gasteiger partial charge in [0, 0.05) is 23.3 Å². The molecule has 1 aromatic heterocycles. The monoisotopic (exact) mass is 380 g/mol. The molecule has 0 saturated carbocycles. The van der Waals surface area contributed by atoms with Gasteiger partial charge in [-0.3, -0.25) is 9.59 Å². The lowest BCUT2D eigenvalue weighted by molar-refractivity contribution is -0.120. The minimum atomic E-state index is -0.0615. The molecule has 1 heterocycles. The third-order valence-electron chi connectivity index (χ3n) is 4.52. The van der Waals surface area contributed by atoms with Crippen molar-refractivity contribution in [2.75, 3.05) is 0 Å². The zero-order valence-electron chi connectivity index (χ0n) is 15.3. The molecule has 4 nitrogen and oxygen atoms in total. The number of halogens is 1. The van der Waals surface area contributed by atoms with Gasteiger partial charge in [0.25, 0.3) is 0 Å². The molecular formula is C22H21ClN2O2. The van der Waals surface area contributed by atoms with E-state index in [2.05, 4.69) is 5.32 Å². The molecule has 3 rings (SSSR count). The fourth-order valence-electron chi connectivity index (χ4n) is 3.10. The molecule has 2 aromatic carbocycles. The summed E-state index contributed by atoms with van der Waals surface area (Å²) in [6.45, 7) is 2.27. The predicted molar refractivity (Wildman–Crippen MR) is 107 cm³/mol. The summed E-state index contributed by atoms with van der Waals surface area (Å²) < 4.78 is 1.84. The summed E-state index contributed by atoms with van der Waals surface area (Å²) in [7, 11) is 1.84. The number of aromatic nitrogens is 1. The fourth-order valence-corrected chi connectivity index (χ4v) is 3.22. The number of hydrogen-bond acceptors (Lipinski definition) is 2. The molecule has 0 aliphatic heterocycles. The maximum atomic E-state index is 12.8. The average Bonchev–Trinajstić information content (AvgIpc) is 2.94. The Morgan fingerprint density at radius 1 is 1.04 bits per heavy atom.